The lowest BCUT2D eigenvalue weighted by atomic mass is 9.43. The van der Waals surface area contributed by atoms with Gasteiger partial charge < -0.3 is 4.42 Å². The van der Waals surface area contributed by atoms with Crippen LogP contribution < -0.4 is 0 Å². The maximum absolute atomic E-state index is 13.4. The number of furan rings is 1. The Balaban J connectivity index is 1.50. The number of carbonyl (C=O) groups excluding carboxylic acids is 2. The van der Waals surface area contributed by atoms with Crippen LogP contribution in [0.3, 0.4) is 0 Å². The Morgan fingerprint density at radius 3 is 2.39 bits per heavy atom. The third-order valence-corrected chi connectivity index (χ3v) is 11.6. The third-order valence-electron chi connectivity index (χ3n) is 11.6. The maximum atomic E-state index is 13.4. The second kappa shape index (κ2) is 7.18. The topological polar surface area (TPSA) is 47.3 Å². The first-order chi connectivity index (χ1) is 15.4. The van der Waals surface area contributed by atoms with Crippen LogP contribution in [0.15, 0.2) is 27.9 Å². The van der Waals surface area contributed by atoms with E-state index in [1.165, 1.54) is 6.42 Å². The Bertz CT molecular complexity index is 1040. The van der Waals surface area contributed by atoms with Gasteiger partial charge in [-0.3, -0.25) is 9.59 Å². The lowest BCUT2D eigenvalue weighted by Crippen LogP contribution is -2.54. The number of Topliss-reactive ketones (excluding diaryl/α,β-unsaturated/α-hetero) is 2. The van der Waals surface area contributed by atoms with E-state index in [1.807, 2.05) is 13.0 Å². The molecule has 0 bridgehead atoms. The van der Waals surface area contributed by atoms with Crippen molar-refractivity contribution in [3.8, 4) is 0 Å². The van der Waals surface area contributed by atoms with Gasteiger partial charge in [0.2, 0.25) is 5.78 Å². The highest BCUT2D eigenvalue weighted by Gasteiger charge is 2.63. The fourth-order valence-corrected chi connectivity index (χ4v) is 9.30. The SMILES string of the molecule is Cc1coc(C(=O)[C@@H](C)[C@H]2CC[C@@]3(C)C4=C(CC[C@]23C)[C@@]2(C)CCC(=O)C(C)(C)[C@H]2CC4)c1. The van der Waals surface area contributed by atoms with E-state index in [-0.39, 0.29) is 33.4 Å². The summed E-state index contributed by atoms with van der Waals surface area (Å²) in [7, 11) is 0. The molecule has 0 saturated heterocycles. The number of rotatable bonds is 3. The van der Waals surface area contributed by atoms with Gasteiger partial charge >= 0.3 is 0 Å². The first-order valence-electron chi connectivity index (χ1n) is 13.2. The molecule has 2 saturated carbocycles. The number of hydrogen-bond donors (Lipinski definition) is 0. The summed E-state index contributed by atoms with van der Waals surface area (Å²) in [6, 6.07) is 1.89. The van der Waals surface area contributed by atoms with Crippen molar-refractivity contribution in [2.24, 2.45) is 39.4 Å². The van der Waals surface area contributed by atoms with Crippen LogP contribution in [0.2, 0.25) is 0 Å². The van der Waals surface area contributed by atoms with Gasteiger partial charge in [0.15, 0.2) is 5.76 Å². The molecule has 0 aliphatic heterocycles. The van der Waals surface area contributed by atoms with Crippen molar-refractivity contribution in [1.82, 2.24) is 0 Å². The minimum atomic E-state index is -0.215. The number of allylic oxidation sites excluding steroid dienone is 2. The van der Waals surface area contributed by atoms with E-state index in [1.54, 1.807) is 17.4 Å². The average molecular weight is 451 g/mol. The average Bonchev–Trinajstić information content (AvgIpc) is 3.31. The molecule has 6 atom stereocenters. The van der Waals surface area contributed by atoms with E-state index >= 15 is 0 Å². The summed E-state index contributed by atoms with van der Waals surface area (Å²) >= 11 is 0. The summed E-state index contributed by atoms with van der Waals surface area (Å²) in [5.41, 5.74) is 4.63. The molecule has 0 unspecified atom stereocenters. The van der Waals surface area contributed by atoms with E-state index < -0.39 is 0 Å². The molecule has 2 fully saturated rings. The van der Waals surface area contributed by atoms with Gasteiger partial charge in [0.1, 0.15) is 5.78 Å². The standard InChI is InChI=1S/C30H42O3/c1-18-16-23(33-17-18)26(32)19(2)20-10-14-30(7)22-8-9-24-27(3,4)25(31)12-13-28(24,5)21(22)11-15-29(20,30)6/h16-17,19-20,24H,8-15H2,1-7H3/t19-,20+,24+,28+,29+,30-/m0/s1. The predicted molar refractivity (Wildman–Crippen MR) is 131 cm³/mol. The van der Waals surface area contributed by atoms with Crippen LogP contribution >= 0.6 is 0 Å². The molecule has 0 amide bonds. The molecule has 0 aromatic carbocycles. The largest absolute Gasteiger partial charge is 0.461 e. The molecule has 1 aromatic heterocycles. The van der Waals surface area contributed by atoms with Gasteiger partial charge in [0, 0.05) is 17.8 Å². The Hall–Kier alpha value is -1.64. The number of carbonyl (C=O) groups is 2. The highest BCUT2D eigenvalue weighted by molar-refractivity contribution is 5.95. The zero-order valence-corrected chi connectivity index (χ0v) is 21.8. The molecule has 0 radical (unpaired) electrons. The third kappa shape index (κ3) is 2.93. The molecule has 4 aliphatic rings. The maximum Gasteiger partial charge on any atom is 0.201 e. The fraction of sp³-hybridized carbons (Fsp3) is 0.733. The molecule has 180 valence electrons. The van der Waals surface area contributed by atoms with Crippen LogP contribution in [0, 0.1) is 46.3 Å². The molecule has 0 N–H and O–H groups in total. The molecule has 4 aliphatic carbocycles. The van der Waals surface area contributed by atoms with E-state index in [0.29, 0.717) is 23.4 Å². The van der Waals surface area contributed by atoms with Crippen molar-refractivity contribution < 1.29 is 14.0 Å². The summed E-state index contributed by atoms with van der Waals surface area (Å²) in [4.78, 5) is 26.2. The van der Waals surface area contributed by atoms with Crippen molar-refractivity contribution >= 4 is 11.6 Å². The van der Waals surface area contributed by atoms with Crippen molar-refractivity contribution in [2.75, 3.05) is 0 Å². The van der Waals surface area contributed by atoms with Crippen molar-refractivity contribution in [3.05, 3.63) is 34.8 Å². The summed E-state index contributed by atoms with van der Waals surface area (Å²) in [5.74, 6) is 1.96. The van der Waals surface area contributed by atoms with Gasteiger partial charge in [-0.05, 0) is 91.6 Å². The normalized spacial score (nSPS) is 40.8. The van der Waals surface area contributed by atoms with Gasteiger partial charge in [-0.15, -0.1) is 0 Å². The Kier molecular flexibility index (Phi) is 5.03. The summed E-state index contributed by atoms with van der Waals surface area (Å²) in [5, 5.41) is 0. The molecular formula is C30H42O3. The Morgan fingerprint density at radius 1 is 1.00 bits per heavy atom. The van der Waals surface area contributed by atoms with Crippen molar-refractivity contribution in [1.29, 1.82) is 0 Å². The smallest absolute Gasteiger partial charge is 0.201 e. The number of hydrogen-bond acceptors (Lipinski definition) is 3. The minimum absolute atomic E-state index is 0.0253. The number of aryl methyl sites for hydroxylation is 1. The Morgan fingerprint density at radius 2 is 1.73 bits per heavy atom. The minimum Gasteiger partial charge on any atom is -0.461 e. The van der Waals surface area contributed by atoms with Crippen molar-refractivity contribution in [3.63, 3.8) is 0 Å². The zero-order valence-electron chi connectivity index (χ0n) is 21.8. The number of fused-ring (bicyclic) bond motifs is 4. The quantitative estimate of drug-likeness (QED) is 0.350. The highest BCUT2D eigenvalue weighted by atomic mass is 16.3. The van der Waals surface area contributed by atoms with Crippen LogP contribution in [-0.2, 0) is 4.79 Å². The molecule has 1 heterocycles. The predicted octanol–water partition coefficient (Wildman–Crippen LogP) is 7.73. The molecule has 3 nitrogen and oxygen atoms in total. The molecule has 1 aromatic rings. The lowest BCUT2D eigenvalue weighted by molar-refractivity contribution is -0.139. The van der Waals surface area contributed by atoms with Gasteiger partial charge in [0.25, 0.3) is 0 Å². The zero-order chi connectivity index (χ0) is 24.0. The van der Waals surface area contributed by atoms with Crippen LogP contribution in [0.4, 0.5) is 0 Å². The van der Waals surface area contributed by atoms with Crippen LogP contribution in [0.25, 0.3) is 0 Å². The number of ketones is 2. The molecule has 0 spiro atoms. The van der Waals surface area contributed by atoms with E-state index in [2.05, 4.69) is 41.5 Å². The lowest BCUT2D eigenvalue weighted by Gasteiger charge is -2.60. The summed E-state index contributed by atoms with van der Waals surface area (Å²) < 4.78 is 5.60. The fourth-order valence-electron chi connectivity index (χ4n) is 9.30. The second-order valence-corrected chi connectivity index (χ2v) is 13.1. The van der Waals surface area contributed by atoms with E-state index in [0.717, 1.165) is 50.5 Å². The van der Waals surface area contributed by atoms with E-state index in [4.69, 9.17) is 4.42 Å². The molecular weight excluding hydrogens is 408 g/mol. The molecule has 3 heteroatoms. The molecule has 5 rings (SSSR count). The summed E-state index contributed by atoms with van der Waals surface area (Å²) in [6.07, 6.45) is 10.3. The monoisotopic (exact) mass is 450 g/mol. The summed E-state index contributed by atoms with van der Waals surface area (Å²) in [6.45, 7) is 16.0. The molecule has 33 heavy (non-hydrogen) atoms. The Labute approximate surface area is 199 Å². The highest BCUT2D eigenvalue weighted by Crippen LogP contribution is 2.72. The first-order valence-corrected chi connectivity index (χ1v) is 13.2. The van der Waals surface area contributed by atoms with Crippen LogP contribution in [0.1, 0.15) is 109 Å². The second-order valence-electron chi connectivity index (χ2n) is 13.1. The van der Waals surface area contributed by atoms with Gasteiger partial charge in [0.05, 0.1) is 6.26 Å². The van der Waals surface area contributed by atoms with Gasteiger partial charge in [-0.1, -0.05) is 52.7 Å². The van der Waals surface area contributed by atoms with Crippen LogP contribution in [0.5, 0.6) is 0 Å². The van der Waals surface area contributed by atoms with E-state index in [9.17, 15) is 9.59 Å². The van der Waals surface area contributed by atoms with Crippen LogP contribution in [-0.4, -0.2) is 11.6 Å². The van der Waals surface area contributed by atoms with Crippen molar-refractivity contribution in [2.45, 2.75) is 99.8 Å². The van der Waals surface area contributed by atoms with Gasteiger partial charge in [-0.2, -0.15) is 0 Å². The first kappa shape index (κ1) is 23.1. The van der Waals surface area contributed by atoms with Gasteiger partial charge in [-0.25, -0.2) is 0 Å².